The summed E-state index contributed by atoms with van der Waals surface area (Å²) in [6.07, 6.45) is 20.7. The van der Waals surface area contributed by atoms with Crippen molar-refractivity contribution in [3.63, 3.8) is 0 Å². The molecule has 0 N–H and O–H groups in total. The maximum absolute atomic E-state index is 4.19. The Kier molecular flexibility index (Phi) is 26.3. The van der Waals surface area contributed by atoms with Gasteiger partial charge in [-0.2, -0.15) is 20.4 Å². The second-order valence-electron chi connectivity index (χ2n) is 14.1. The molecule has 0 aliphatic heterocycles. The van der Waals surface area contributed by atoms with Crippen LogP contribution < -0.4 is 0 Å². The first-order valence-corrected chi connectivity index (χ1v) is 21.9. The molecule has 0 aliphatic rings. The Morgan fingerprint density at radius 2 is 0.444 bits per heavy atom. The summed E-state index contributed by atoms with van der Waals surface area (Å²) in [6.45, 7) is 3.65. The molecule has 72 heavy (non-hydrogen) atoms. The summed E-state index contributed by atoms with van der Waals surface area (Å²) in [7, 11) is 0. The van der Waals surface area contributed by atoms with Gasteiger partial charge in [-0.15, -0.1) is 0 Å². The Bertz CT molecular complexity index is 2550. The minimum atomic E-state index is 0. The van der Waals surface area contributed by atoms with Crippen LogP contribution in [-0.4, -0.2) is 73.7 Å². The maximum Gasteiger partial charge on any atom is 2.00 e. The van der Waals surface area contributed by atoms with Gasteiger partial charge in [-0.25, -0.2) is 0 Å². The summed E-state index contributed by atoms with van der Waals surface area (Å²) in [5, 5.41) is 16.1. The standard InChI is InChI=1S/C16H16N6.4C10H8N2.2Ru/c1-13(21-19-11-15-7-3-5-9-17-15)14(2)22-20-12-16-8-4-6-10-18-16;4*1-3-7-11-9(5-1)10-6-2-4-8-12-10;;/h3-12H,1-2H3;4*1-8H;;/q;;;;;2*+2. The minimum absolute atomic E-state index is 0. The summed E-state index contributed by atoms with van der Waals surface area (Å²) < 4.78 is 0. The SMILES string of the molecule is CC(=NN=Cc1ccccn1)C(C)=NN=Cc1ccccn1.[Ru+2].[Ru+2].c1ccc(-c2ccccn2)nc1.c1ccc(-c2ccccn2)nc1.c1ccc(-c2ccccn2)nc1.c1ccc(-c2ccccn2)nc1. The molecule has 0 spiro atoms. The predicted molar refractivity (Wildman–Crippen MR) is 280 cm³/mol. The zero-order valence-corrected chi connectivity index (χ0v) is 42.7. The summed E-state index contributed by atoms with van der Waals surface area (Å²) in [5.41, 5.74) is 10.2. The summed E-state index contributed by atoms with van der Waals surface area (Å²) in [6, 6.07) is 57.6. The molecule has 10 aromatic heterocycles. The average molecular weight is 1120 g/mol. The van der Waals surface area contributed by atoms with Crippen molar-refractivity contribution >= 4 is 23.9 Å². The van der Waals surface area contributed by atoms with Crippen molar-refractivity contribution in [2.45, 2.75) is 13.8 Å². The molecule has 0 atom stereocenters. The number of hydrogen-bond acceptors (Lipinski definition) is 14. The van der Waals surface area contributed by atoms with Crippen LogP contribution in [0.25, 0.3) is 45.6 Å². The van der Waals surface area contributed by atoms with E-state index in [1.165, 1.54) is 0 Å². The number of pyridine rings is 10. The Morgan fingerprint density at radius 3 is 0.597 bits per heavy atom. The molecule has 0 radical (unpaired) electrons. The van der Waals surface area contributed by atoms with Gasteiger partial charge in [-0.1, -0.05) is 60.7 Å². The van der Waals surface area contributed by atoms with Gasteiger partial charge in [0.15, 0.2) is 0 Å². The van der Waals surface area contributed by atoms with E-state index in [-0.39, 0.29) is 39.0 Å². The molecule has 0 aliphatic carbocycles. The predicted octanol–water partition coefficient (Wildman–Crippen LogP) is 11.3. The van der Waals surface area contributed by atoms with Crippen molar-refractivity contribution < 1.29 is 39.0 Å². The normalized spacial score (nSPS) is 10.5. The van der Waals surface area contributed by atoms with Crippen molar-refractivity contribution in [2.75, 3.05) is 0 Å². The quantitative estimate of drug-likeness (QED) is 0.0767. The molecule has 10 aromatic rings. The smallest absolute Gasteiger partial charge is 0.255 e. The van der Waals surface area contributed by atoms with E-state index >= 15 is 0 Å². The van der Waals surface area contributed by atoms with Crippen LogP contribution >= 0.6 is 0 Å². The molecule has 10 heterocycles. The molecule has 10 rings (SSSR count). The van der Waals surface area contributed by atoms with Crippen molar-refractivity contribution in [1.82, 2.24) is 49.8 Å². The molecule has 0 saturated carbocycles. The fourth-order valence-corrected chi connectivity index (χ4v) is 5.51. The van der Waals surface area contributed by atoms with Gasteiger partial charge in [-0.05, 0) is 135 Å². The van der Waals surface area contributed by atoms with E-state index in [1.54, 1.807) is 74.4 Å². The van der Waals surface area contributed by atoms with Gasteiger partial charge in [-0.3, -0.25) is 49.8 Å². The molecular formula is C56H48N14Ru2+4. The van der Waals surface area contributed by atoms with E-state index in [0.29, 0.717) is 11.4 Å². The van der Waals surface area contributed by atoms with E-state index in [9.17, 15) is 0 Å². The monoisotopic (exact) mass is 1120 g/mol. The van der Waals surface area contributed by atoms with Crippen LogP contribution in [0.3, 0.4) is 0 Å². The zero-order chi connectivity index (χ0) is 48.5. The van der Waals surface area contributed by atoms with Gasteiger partial charge in [0.05, 0.1) is 80.8 Å². The van der Waals surface area contributed by atoms with Crippen LogP contribution in [0, 0.1) is 0 Å². The van der Waals surface area contributed by atoms with Crippen LogP contribution in [0.5, 0.6) is 0 Å². The summed E-state index contributed by atoms with van der Waals surface area (Å²) in [5.74, 6) is 0. The molecule has 16 heteroatoms. The van der Waals surface area contributed by atoms with Crippen molar-refractivity contribution in [3.8, 4) is 45.6 Å². The third kappa shape index (κ3) is 21.0. The molecule has 14 nitrogen and oxygen atoms in total. The van der Waals surface area contributed by atoms with E-state index in [4.69, 9.17) is 0 Å². The van der Waals surface area contributed by atoms with E-state index < -0.39 is 0 Å². The van der Waals surface area contributed by atoms with Crippen LogP contribution in [0.15, 0.2) is 264 Å². The second-order valence-corrected chi connectivity index (χ2v) is 14.1. The van der Waals surface area contributed by atoms with Crippen LogP contribution in [0.2, 0.25) is 0 Å². The van der Waals surface area contributed by atoms with Gasteiger partial charge in [0.1, 0.15) is 0 Å². The van der Waals surface area contributed by atoms with Crippen LogP contribution in [-0.2, 0) is 39.0 Å². The molecule has 354 valence electrons. The first-order chi connectivity index (χ1) is 34.6. The van der Waals surface area contributed by atoms with E-state index in [1.807, 2.05) is 196 Å². The third-order valence-corrected chi connectivity index (χ3v) is 9.06. The Morgan fingerprint density at radius 1 is 0.264 bits per heavy atom. The number of aromatic nitrogens is 10. The van der Waals surface area contributed by atoms with Crippen molar-refractivity contribution in [1.29, 1.82) is 0 Å². The number of rotatable bonds is 9. The van der Waals surface area contributed by atoms with Crippen molar-refractivity contribution in [2.24, 2.45) is 20.4 Å². The fraction of sp³-hybridized carbons (Fsp3) is 0.0357. The first-order valence-electron chi connectivity index (χ1n) is 21.9. The molecule has 0 amide bonds. The van der Waals surface area contributed by atoms with Crippen LogP contribution in [0.4, 0.5) is 0 Å². The van der Waals surface area contributed by atoms with E-state index in [2.05, 4.69) is 70.2 Å². The van der Waals surface area contributed by atoms with E-state index in [0.717, 1.165) is 56.9 Å². The van der Waals surface area contributed by atoms with Gasteiger partial charge < -0.3 is 0 Å². The molecular weight excluding hydrogens is 1070 g/mol. The Labute approximate surface area is 445 Å². The number of hydrogen-bond donors (Lipinski definition) is 0. The van der Waals surface area contributed by atoms with Crippen molar-refractivity contribution in [3.05, 3.63) is 255 Å². The zero-order valence-electron chi connectivity index (χ0n) is 39.2. The number of nitrogens with zero attached hydrogens (tertiary/aromatic N) is 14. The van der Waals surface area contributed by atoms with Gasteiger partial charge in [0.25, 0.3) is 0 Å². The third-order valence-electron chi connectivity index (χ3n) is 9.06. The summed E-state index contributed by atoms with van der Waals surface area (Å²) >= 11 is 0. The minimum Gasteiger partial charge on any atom is -0.255 e. The Balaban J connectivity index is 0.000000199. The Hall–Kier alpha value is -8.57. The second kappa shape index (κ2) is 33.8. The topological polar surface area (TPSA) is 178 Å². The molecule has 0 saturated heterocycles. The molecule has 0 fully saturated rings. The van der Waals surface area contributed by atoms with Crippen LogP contribution in [0.1, 0.15) is 25.2 Å². The summed E-state index contributed by atoms with van der Waals surface area (Å²) in [4.78, 5) is 41.7. The molecule has 0 unspecified atom stereocenters. The molecule has 0 bridgehead atoms. The maximum atomic E-state index is 4.19. The average Bonchev–Trinajstić information content (AvgIpc) is 3.46. The van der Waals surface area contributed by atoms with Gasteiger partial charge >= 0.3 is 39.0 Å². The largest absolute Gasteiger partial charge is 2.00 e. The first kappa shape index (κ1) is 56.0. The van der Waals surface area contributed by atoms with Gasteiger partial charge in [0, 0.05) is 62.0 Å². The van der Waals surface area contributed by atoms with Gasteiger partial charge in [0.2, 0.25) is 0 Å². The molecule has 0 aromatic carbocycles. The fourth-order valence-electron chi connectivity index (χ4n) is 5.51.